The molecule has 0 aromatic rings. The lowest BCUT2D eigenvalue weighted by Gasteiger charge is -2.09. The number of halogens is 1. The Morgan fingerprint density at radius 2 is 2.56 bits per heavy atom. The van der Waals surface area contributed by atoms with Crippen molar-refractivity contribution in [2.75, 3.05) is 0 Å². The van der Waals surface area contributed by atoms with Gasteiger partial charge in [0.15, 0.2) is 0 Å². The van der Waals surface area contributed by atoms with Crippen LogP contribution in [0.2, 0.25) is 0 Å². The van der Waals surface area contributed by atoms with E-state index in [1.54, 1.807) is 0 Å². The summed E-state index contributed by atoms with van der Waals surface area (Å²) in [6.07, 6.45) is 1.27. The zero-order valence-electron chi connectivity index (χ0n) is 5.26. The second-order valence-corrected chi connectivity index (χ2v) is 2.93. The van der Waals surface area contributed by atoms with E-state index in [2.05, 4.69) is 0 Å². The van der Waals surface area contributed by atoms with Crippen molar-refractivity contribution in [3.05, 3.63) is 0 Å². The molecule has 0 aromatic carbocycles. The summed E-state index contributed by atoms with van der Waals surface area (Å²) < 4.78 is 4.85. The zero-order valence-corrected chi connectivity index (χ0v) is 6.02. The van der Waals surface area contributed by atoms with Crippen LogP contribution in [0.5, 0.6) is 0 Å². The lowest BCUT2D eigenvalue weighted by Crippen LogP contribution is -2.16. The Morgan fingerprint density at radius 3 is 2.78 bits per heavy atom. The number of rotatable bonds is 1. The van der Waals surface area contributed by atoms with Gasteiger partial charge in [-0.25, -0.2) is 0 Å². The molecule has 1 fully saturated rings. The first-order chi connectivity index (χ1) is 4.20. The van der Waals surface area contributed by atoms with Gasteiger partial charge in [0, 0.05) is 6.42 Å². The molecule has 0 aromatic heterocycles. The number of carbonyl (C=O) groups excluding carboxylic acids is 1. The highest BCUT2D eigenvalue weighted by molar-refractivity contribution is 6.20. The molecule has 1 aliphatic rings. The van der Waals surface area contributed by atoms with Crippen LogP contribution in [-0.2, 0) is 9.53 Å². The summed E-state index contributed by atoms with van der Waals surface area (Å²) in [4.78, 5) is 10.5. The normalized spacial score (nSPS) is 30.0. The highest BCUT2D eigenvalue weighted by Crippen LogP contribution is 2.19. The van der Waals surface area contributed by atoms with Crippen LogP contribution < -0.4 is 0 Å². The molecule has 9 heavy (non-hydrogen) atoms. The highest BCUT2D eigenvalue weighted by atomic mass is 35.5. The van der Waals surface area contributed by atoms with Gasteiger partial charge >= 0.3 is 5.97 Å². The number of alkyl halides is 1. The zero-order chi connectivity index (χ0) is 6.85. The van der Waals surface area contributed by atoms with Crippen LogP contribution in [0.4, 0.5) is 0 Å². The molecule has 2 nitrogen and oxygen atoms in total. The summed E-state index contributed by atoms with van der Waals surface area (Å²) in [5, 5.41) is -0.0450. The van der Waals surface area contributed by atoms with E-state index < -0.39 is 0 Å². The summed E-state index contributed by atoms with van der Waals surface area (Å²) in [5.74, 6) is -0.118. The standard InChI is InChI=1S/C6H9ClO2/c1-4(7)5-2-3-6(8)9-5/h4-5H,2-3H2,1H3. The molecule has 0 bridgehead atoms. The third-order valence-corrected chi connectivity index (χ3v) is 1.71. The fraction of sp³-hybridized carbons (Fsp3) is 0.833. The molecular formula is C6H9ClO2. The van der Waals surface area contributed by atoms with E-state index in [1.165, 1.54) is 0 Å². The number of cyclic esters (lactones) is 1. The van der Waals surface area contributed by atoms with Gasteiger partial charge in [-0.1, -0.05) is 0 Å². The van der Waals surface area contributed by atoms with Gasteiger partial charge < -0.3 is 4.74 Å². The Kier molecular flexibility index (Phi) is 1.96. The van der Waals surface area contributed by atoms with E-state index in [4.69, 9.17) is 16.3 Å². The molecule has 1 aliphatic heterocycles. The van der Waals surface area contributed by atoms with Crippen molar-refractivity contribution in [1.82, 2.24) is 0 Å². The first-order valence-corrected chi connectivity index (χ1v) is 3.47. The quantitative estimate of drug-likeness (QED) is 0.414. The summed E-state index contributed by atoms with van der Waals surface area (Å²) in [6, 6.07) is 0. The fourth-order valence-electron chi connectivity index (χ4n) is 0.870. The number of carbonyl (C=O) groups is 1. The van der Waals surface area contributed by atoms with Crippen LogP contribution >= 0.6 is 11.6 Å². The van der Waals surface area contributed by atoms with Gasteiger partial charge in [-0.15, -0.1) is 11.6 Å². The largest absolute Gasteiger partial charge is 0.461 e. The molecule has 1 rings (SSSR count). The van der Waals surface area contributed by atoms with Gasteiger partial charge in [0.2, 0.25) is 0 Å². The number of ether oxygens (including phenoxy) is 1. The van der Waals surface area contributed by atoms with Crippen molar-refractivity contribution in [3.8, 4) is 0 Å². The van der Waals surface area contributed by atoms with Gasteiger partial charge in [-0.05, 0) is 13.3 Å². The molecular weight excluding hydrogens is 140 g/mol. The Bertz CT molecular complexity index is 122. The van der Waals surface area contributed by atoms with E-state index >= 15 is 0 Å². The minimum Gasteiger partial charge on any atom is -0.461 e. The minimum atomic E-state index is -0.118. The average molecular weight is 149 g/mol. The van der Waals surface area contributed by atoms with Crippen LogP contribution in [0.3, 0.4) is 0 Å². The van der Waals surface area contributed by atoms with Crippen LogP contribution in [0, 0.1) is 0 Å². The summed E-state index contributed by atoms with van der Waals surface area (Å²) in [7, 11) is 0. The predicted molar refractivity (Wildman–Crippen MR) is 34.4 cm³/mol. The van der Waals surface area contributed by atoms with Crippen LogP contribution in [-0.4, -0.2) is 17.5 Å². The van der Waals surface area contributed by atoms with Gasteiger partial charge in [0.05, 0.1) is 5.38 Å². The Hall–Kier alpha value is -0.240. The van der Waals surface area contributed by atoms with Crippen LogP contribution in [0.1, 0.15) is 19.8 Å². The highest BCUT2D eigenvalue weighted by Gasteiger charge is 2.26. The number of esters is 1. The molecule has 3 heteroatoms. The SMILES string of the molecule is CC(Cl)C1CCC(=O)O1. The Labute approximate surface area is 59.1 Å². The van der Waals surface area contributed by atoms with Crippen molar-refractivity contribution in [1.29, 1.82) is 0 Å². The maximum Gasteiger partial charge on any atom is 0.306 e. The van der Waals surface area contributed by atoms with E-state index in [1.807, 2.05) is 6.92 Å². The molecule has 0 N–H and O–H groups in total. The molecule has 0 amide bonds. The van der Waals surface area contributed by atoms with Gasteiger partial charge in [0.25, 0.3) is 0 Å². The molecule has 0 spiro atoms. The first-order valence-electron chi connectivity index (χ1n) is 3.03. The molecule has 2 atom stereocenters. The maximum atomic E-state index is 10.5. The van der Waals surface area contributed by atoms with Gasteiger partial charge in [-0.3, -0.25) is 4.79 Å². The summed E-state index contributed by atoms with van der Waals surface area (Å²) >= 11 is 5.67. The van der Waals surface area contributed by atoms with Crippen molar-refractivity contribution in [2.24, 2.45) is 0 Å². The molecule has 0 aliphatic carbocycles. The van der Waals surface area contributed by atoms with E-state index in [0.29, 0.717) is 6.42 Å². The lowest BCUT2D eigenvalue weighted by atomic mass is 10.2. The minimum absolute atomic E-state index is 0.0424. The van der Waals surface area contributed by atoms with Gasteiger partial charge in [-0.2, -0.15) is 0 Å². The van der Waals surface area contributed by atoms with Gasteiger partial charge in [0.1, 0.15) is 6.10 Å². The van der Waals surface area contributed by atoms with Crippen molar-refractivity contribution >= 4 is 17.6 Å². The Balaban J connectivity index is 2.39. The maximum absolute atomic E-state index is 10.5. The average Bonchev–Trinajstić information content (AvgIpc) is 2.14. The Morgan fingerprint density at radius 1 is 1.89 bits per heavy atom. The third-order valence-electron chi connectivity index (χ3n) is 1.43. The van der Waals surface area contributed by atoms with E-state index in [-0.39, 0.29) is 17.5 Å². The molecule has 0 radical (unpaired) electrons. The van der Waals surface area contributed by atoms with Crippen molar-refractivity contribution in [2.45, 2.75) is 31.2 Å². The second-order valence-electron chi connectivity index (χ2n) is 2.24. The number of hydrogen-bond acceptors (Lipinski definition) is 2. The monoisotopic (exact) mass is 148 g/mol. The topological polar surface area (TPSA) is 26.3 Å². The van der Waals surface area contributed by atoms with Crippen LogP contribution in [0.25, 0.3) is 0 Å². The second kappa shape index (κ2) is 2.56. The summed E-state index contributed by atoms with van der Waals surface area (Å²) in [5.41, 5.74) is 0. The lowest BCUT2D eigenvalue weighted by molar-refractivity contribution is -0.141. The van der Waals surface area contributed by atoms with Crippen LogP contribution in [0.15, 0.2) is 0 Å². The van der Waals surface area contributed by atoms with E-state index in [0.717, 1.165) is 6.42 Å². The number of hydrogen-bond donors (Lipinski definition) is 0. The fourth-order valence-corrected chi connectivity index (χ4v) is 1.05. The molecule has 2 unspecified atom stereocenters. The van der Waals surface area contributed by atoms with Crippen molar-refractivity contribution < 1.29 is 9.53 Å². The molecule has 0 saturated carbocycles. The first kappa shape index (κ1) is 6.87. The molecule has 1 heterocycles. The summed E-state index contributed by atoms with van der Waals surface area (Å²) in [6.45, 7) is 1.84. The molecule has 52 valence electrons. The molecule has 1 saturated heterocycles. The third kappa shape index (κ3) is 1.58. The van der Waals surface area contributed by atoms with E-state index in [9.17, 15) is 4.79 Å². The smallest absolute Gasteiger partial charge is 0.306 e. The van der Waals surface area contributed by atoms with Crippen molar-refractivity contribution in [3.63, 3.8) is 0 Å². The predicted octanol–water partition coefficient (Wildman–Crippen LogP) is 1.32.